The van der Waals surface area contributed by atoms with Crippen molar-refractivity contribution in [3.05, 3.63) is 18.6 Å². The van der Waals surface area contributed by atoms with Crippen LogP contribution in [-0.4, -0.2) is 36.8 Å². The third-order valence-corrected chi connectivity index (χ3v) is 2.22. The molecule has 0 amide bonds. The van der Waals surface area contributed by atoms with Crippen molar-refractivity contribution in [2.45, 2.75) is 12.6 Å². The van der Waals surface area contributed by atoms with Crippen LogP contribution in [0.1, 0.15) is 0 Å². The Morgan fingerprint density at radius 3 is 3.00 bits per heavy atom. The van der Waals surface area contributed by atoms with Crippen LogP contribution < -0.4 is 5.73 Å². The number of carboxylic acid groups (broad SMARTS) is 1. The van der Waals surface area contributed by atoms with E-state index in [0.29, 0.717) is 11.0 Å². The number of carboxylic acids is 1. The molecular formula is C9H10N4O3. The molecule has 0 saturated carbocycles. The van der Waals surface area contributed by atoms with Crippen LogP contribution in [0.15, 0.2) is 18.6 Å². The summed E-state index contributed by atoms with van der Waals surface area (Å²) in [6.07, 6.45) is 1.46. The molecule has 2 heterocycles. The average Bonchev–Trinajstić information content (AvgIpc) is 2.63. The Bertz CT molecular complexity index is 537. The van der Waals surface area contributed by atoms with E-state index in [9.17, 15) is 9.90 Å². The Kier molecular flexibility index (Phi) is 2.45. The molecule has 7 nitrogen and oxygen atoms in total. The minimum atomic E-state index is -1.47. The fourth-order valence-corrected chi connectivity index (χ4v) is 1.42. The lowest BCUT2D eigenvalue weighted by Crippen LogP contribution is -2.24. The van der Waals surface area contributed by atoms with E-state index >= 15 is 0 Å². The summed E-state index contributed by atoms with van der Waals surface area (Å²) in [5, 5.41) is 17.8. The van der Waals surface area contributed by atoms with Crippen molar-refractivity contribution in [1.29, 1.82) is 0 Å². The maximum atomic E-state index is 10.5. The number of hydrogen-bond donors (Lipinski definition) is 3. The van der Waals surface area contributed by atoms with Gasteiger partial charge in [0.2, 0.25) is 0 Å². The van der Waals surface area contributed by atoms with Gasteiger partial charge in [-0.3, -0.25) is 0 Å². The number of fused-ring (bicyclic) bond motifs is 1. The first kappa shape index (κ1) is 10.4. The molecule has 1 atom stereocenters. The van der Waals surface area contributed by atoms with Crippen LogP contribution in [0.2, 0.25) is 0 Å². The third kappa shape index (κ3) is 1.68. The molecule has 2 rings (SSSR count). The fraction of sp³-hybridized carbons (Fsp3) is 0.222. The highest BCUT2D eigenvalue weighted by Crippen LogP contribution is 2.16. The van der Waals surface area contributed by atoms with Crippen molar-refractivity contribution in [2.75, 3.05) is 5.73 Å². The fourth-order valence-electron chi connectivity index (χ4n) is 1.42. The van der Waals surface area contributed by atoms with Gasteiger partial charge in [-0.05, 0) is 6.07 Å². The number of pyridine rings is 1. The number of rotatable bonds is 3. The predicted octanol–water partition coefficient (Wildman–Crippen LogP) is -0.541. The van der Waals surface area contributed by atoms with Gasteiger partial charge in [-0.2, -0.15) is 0 Å². The van der Waals surface area contributed by atoms with Gasteiger partial charge in [0.15, 0.2) is 11.9 Å². The van der Waals surface area contributed by atoms with E-state index in [-0.39, 0.29) is 12.4 Å². The number of nitrogens with two attached hydrogens (primary N) is 1. The zero-order valence-corrected chi connectivity index (χ0v) is 8.24. The second-order valence-electron chi connectivity index (χ2n) is 3.31. The summed E-state index contributed by atoms with van der Waals surface area (Å²) < 4.78 is 1.52. The van der Waals surface area contributed by atoms with Crippen LogP contribution in [0.3, 0.4) is 0 Å². The largest absolute Gasteiger partial charge is 0.479 e. The van der Waals surface area contributed by atoms with Gasteiger partial charge in [0.05, 0.1) is 18.4 Å². The smallest absolute Gasteiger partial charge is 0.334 e. The molecular weight excluding hydrogens is 212 g/mol. The molecule has 0 bridgehead atoms. The number of aliphatic hydroxyl groups is 1. The van der Waals surface area contributed by atoms with Crippen LogP contribution in [0.5, 0.6) is 0 Å². The molecule has 0 saturated heterocycles. The lowest BCUT2D eigenvalue weighted by atomic mass is 10.3. The van der Waals surface area contributed by atoms with Gasteiger partial charge < -0.3 is 20.5 Å². The van der Waals surface area contributed by atoms with E-state index in [0.717, 1.165) is 0 Å². The Hall–Kier alpha value is -2.15. The molecule has 2 aromatic rings. The molecule has 2 aromatic heterocycles. The molecule has 1 unspecified atom stereocenters. The van der Waals surface area contributed by atoms with Crippen LogP contribution in [0.4, 0.5) is 5.82 Å². The van der Waals surface area contributed by atoms with E-state index in [4.69, 9.17) is 10.8 Å². The third-order valence-electron chi connectivity index (χ3n) is 2.22. The number of hydrogen-bond acceptors (Lipinski definition) is 5. The minimum absolute atomic E-state index is 0.0741. The van der Waals surface area contributed by atoms with E-state index in [1.807, 2.05) is 0 Å². The van der Waals surface area contributed by atoms with Crippen LogP contribution in [0, 0.1) is 0 Å². The number of nitrogen functional groups attached to an aromatic ring is 1. The van der Waals surface area contributed by atoms with E-state index in [1.165, 1.54) is 17.1 Å². The highest BCUT2D eigenvalue weighted by atomic mass is 16.4. The summed E-state index contributed by atoms with van der Waals surface area (Å²) in [7, 11) is 0. The molecule has 84 valence electrons. The van der Waals surface area contributed by atoms with Gasteiger partial charge in [-0.25, -0.2) is 14.8 Å². The normalized spacial score (nSPS) is 12.8. The van der Waals surface area contributed by atoms with Crippen molar-refractivity contribution in [1.82, 2.24) is 14.5 Å². The second-order valence-corrected chi connectivity index (χ2v) is 3.31. The van der Waals surface area contributed by atoms with Crippen molar-refractivity contribution >= 4 is 22.8 Å². The highest BCUT2D eigenvalue weighted by Gasteiger charge is 2.15. The Balaban J connectivity index is 2.39. The van der Waals surface area contributed by atoms with Gasteiger partial charge >= 0.3 is 5.97 Å². The summed E-state index contributed by atoms with van der Waals surface area (Å²) in [5.74, 6) is -0.995. The summed E-state index contributed by atoms with van der Waals surface area (Å²) >= 11 is 0. The monoisotopic (exact) mass is 222 g/mol. The summed E-state index contributed by atoms with van der Waals surface area (Å²) in [5.41, 5.74) is 6.74. The quantitative estimate of drug-likeness (QED) is 0.642. The van der Waals surface area contributed by atoms with E-state index in [1.54, 1.807) is 6.07 Å². The molecule has 0 aromatic carbocycles. The summed E-state index contributed by atoms with van der Waals surface area (Å²) in [6, 6.07) is 1.66. The van der Waals surface area contributed by atoms with Crippen LogP contribution in [0.25, 0.3) is 11.0 Å². The number of aromatic nitrogens is 3. The maximum absolute atomic E-state index is 10.5. The van der Waals surface area contributed by atoms with Gasteiger partial charge in [0.1, 0.15) is 5.52 Å². The van der Waals surface area contributed by atoms with E-state index < -0.39 is 12.1 Å². The SMILES string of the molecule is Nc1nccc2c1ncn2CC(O)C(=O)O. The first-order valence-corrected chi connectivity index (χ1v) is 4.56. The van der Waals surface area contributed by atoms with E-state index in [2.05, 4.69) is 9.97 Å². The number of aliphatic hydroxyl groups excluding tert-OH is 1. The number of carbonyl (C=O) groups is 1. The van der Waals surface area contributed by atoms with Gasteiger partial charge in [-0.1, -0.05) is 0 Å². The lowest BCUT2D eigenvalue weighted by Gasteiger charge is -2.07. The standard InChI is InChI=1S/C9H10N4O3/c10-8-7-5(1-2-11-8)13(4-12-7)3-6(14)9(15)16/h1-2,4,6,14H,3H2,(H2,10,11)(H,15,16). The van der Waals surface area contributed by atoms with Crippen LogP contribution in [-0.2, 0) is 11.3 Å². The highest BCUT2D eigenvalue weighted by molar-refractivity contribution is 5.84. The molecule has 0 radical (unpaired) electrons. The van der Waals surface area contributed by atoms with Crippen LogP contribution >= 0.6 is 0 Å². The molecule has 0 aliphatic heterocycles. The number of nitrogens with zero attached hydrogens (tertiary/aromatic N) is 3. The van der Waals surface area contributed by atoms with Crippen molar-refractivity contribution < 1.29 is 15.0 Å². The molecule has 0 fully saturated rings. The maximum Gasteiger partial charge on any atom is 0.334 e. The zero-order valence-electron chi connectivity index (χ0n) is 8.24. The molecule has 7 heteroatoms. The summed E-state index contributed by atoms with van der Waals surface area (Å²) in [4.78, 5) is 18.4. The predicted molar refractivity (Wildman–Crippen MR) is 55.6 cm³/mol. The number of aliphatic carboxylic acids is 1. The second kappa shape index (κ2) is 3.78. The topological polar surface area (TPSA) is 114 Å². The minimum Gasteiger partial charge on any atom is -0.479 e. The van der Waals surface area contributed by atoms with Gasteiger partial charge in [-0.15, -0.1) is 0 Å². The first-order valence-electron chi connectivity index (χ1n) is 4.56. The molecule has 0 aliphatic carbocycles. The molecule has 4 N–H and O–H groups in total. The van der Waals surface area contributed by atoms with Crippen molar-refractivity contribution in [3.8, 4) is 0 Å². The number of imidazole rings is 1. The van der Waals surface area contributed by atoms with Gasteiger partial charge in [0.25, 0.3) is 0 Å². The van der Waals surface area contributed by atoms with Crippen molar-refractivity contribution in [2.24, 2.45) is 0 Å². The average molecular weight is 222 g/mol. The molecule has 16 heavy (non-hydrogen) atoms. The summed E-state index contributed by atoms with van der Waals surface area (Å²) in [6.45, 7) is -0.0741. The Morgan fingerprint density at radius 2 is 2.31 bits per heavy atom. The zero-order chi connectivity index (χ0) is 11.7. The Morgan fingerprint density at radius 1 is 1.56 bits per heavy atom. The molecule has 0 spiro atoms. The Labute approximate surface area is 90.2 Å². The number of anilines is 1. The lowest BCUT2D eigenvalue weighted by molar-refractivity contribution is -0.147. The molecule has 0 aliphatic rings. The van der Waals surface area contributed by atoms with Gasteiger partial charge in [0, 0.05) is 6.20 Å². The van der Waals surface area contributed by atoms with Crippen molar-refractivity contribution in [3.63, 3.8) is 0 Å². The first-order chi connectivity index (χ1) is 7.59.